The fraction of sp³-hybridized carbons (Fsp3) is 0.583. The third-order valence-electron chi connectivity index (χ3n) is 6.62. The van der Waals surface area contributed by atoms with Crippen LogP contribution >= 0.6 is 7.92 Å². The Morgan fingerprint density at radius 3 is 2.04 bits per heavy atom. The Labute approximate surface area is 155 Å². The molecule has 1 aromatic carbocycles. The van der Waals surface area contributed by atoms with Crippen LogP contribution in [-0.2, 0) is 0 Å². The Morgan fingerprint density at radius 1 is 0.760 bits per heavy atom. The van der Waals surface area contributed by atoms with Crippen LogP contribution < -0.4 is 0 Å². The normalized spacial score (nSPS) is 27.4. The van der Waals surface area contributed by atoms with Crippen LogP contribution in [0.1, 0.15) is 76.2 Å². The molecule has 0 heterocycles. The van der Waals surface area contributed by atoms with Crippen molar-refractivity contribution in [2.75, 3.05) is 0 Å². The molecule has 1 atom stereocenters. The second kappa shape index (κ2) is 8.68. The SMILES string of the molecule is C(=Cc1ccccc1)C=C1CCCC1P(C1CCCC1)C1CCCC1. The zero-order valence-electron chi connectivity index (χ0n) is 15.6. The highest BCUT2D eigenvalue weighted by molar-refractivity contribution is 7.60. The lowest BCUT2D eigenvalue weighted by Crippen LogP contribution is -2.19. The van der Waals surface area contributed by atoms with Gasteiger partial charge in [0, 0.05) is 5.66 Å². The highest BCUT2D eigenvalue weighted by atomic mass is 31.1. The fourth-order valence-electron chi connectivity index (χ4n) is 5.45. The molecule has 25 heavy (non-hydrogen) atoms. The van der Waals surface area contributed by atoms with E-state index in [-0.39, 0.29) is 7.92 Å². The van der Waals surface area contributed by atoms with Gasteiger partial charge >= 0.3 is 0 Å². The Hall–Kier alpha value is -0.870. The second-order valence-corrected chi connectivity index (χ2v) is 11.2. The topological polar surface area (TPSA) is 0 Å². The Kier molecular flexibility index (Phi) is 6.09. The quantitative estimate of drug-likeness (QED) is 0.480. The molecule has 0 radical (unpaired) electrons. The average molecular weight is 353 g/mol. The van der Waals surface area contributed by atoms with Crippen LogP contribution in [0.15, 0.2) is 48.1 Å². The van der Waals surface area contributed by atoms with E-state index in [2.05, 4.69) is 48.6 Å². The van der Waals surface area contributed by atoms with Gasteiger partial charge < -0.3 is 0 Å². The van der Waals surface area contributed by atoms with Crippen molar-refractivity contribution in [1.82, 2.24) is 0 Å². The molecule has 0 N–H and O–H groups in total. The molecule has 0 spiro atoms. The Bertz CT molecular complexity index is 572. The van der Waals surface area contributed by atoms with Crippen molar-refractivity contribution >= 4 is 14.0 Å². The van der Waals surface area contributed by atoms with Gasteiger partial charge in [-0.25, -0.2) is 0 Å². The first-order valence-corrected chi connectivity index (χ1v) is 12.2. The standard InChI is InChI=1S/C24H33P/c1-2-10-20(11-3-1)12-8-13-21-14-9-19-24(21)25(22-15-4-5-16-22)23-17-6-7-18-23/h1-3,8,10-13,22-24H,4-7,9,14-19H2. The van der Waals surface area contributed by atoms with E-state index in [0.717, 1.165) is 17.0 Å². The molecule has 0 amide bonds. The van der Waals surface area contributed by atoms with Crippen molar-refractivity contribution in [3.63, 3.8) is 0 Å². The predicted octanol–water partition coefficient (Wildman–Crippen LogP) is 7.55. The maximum atomic E-state index is 2.50. The number of hydrogen-bond acceptors (Lipinski definition) is 0. The molecule has 0 saturated heterocycles. The molecule has 3 aliphatic carbocycles. The van der Waals surface area contributed by atoms with Gasteiger partial charge in [-0.3, -0.25) is 0 Å². The van der Waals surface area contributed by atoms with Crippen molar-refractivity contribution < 1.29 is 0 Å². The minimum absolute atomic E-state index is 0.224. The minimum atomic E-state index is 0.224. The van der Waals surface area contributed by atoms with Crippen molar-refractivity contribution in [3.8, 4) is 0 Å². The van der Waals surface area contributed by atoms with E-state index < -0.39 is 0 Å². The third-order valence-corrected chi connectivity index (χ3v) is 10.7. The van der Waals surface area contributed by atoms with Gasteiger partial charge in [-0.1, -0.05) is 87.7 Å². The first kappa shape index (κ1) is 17.5. The number of rotatable bonds is 5. The van der Waals surface area contributed by atoms with Gasteiger partial charge in [0.05, 0.1) is 0 Å². The van der Waals surface area contributed by atoms with Crippen LogP contribution in [0.2, 0.25) is 0 Å². The second-order valence-electron chi connectivity index (χ2n) is 8.24. The van der Waals surface area contributed by atoms with E-state index in [1.807, 2.05) is 0 Å². The van der Waals surface area contributed by atoms with Gasteiger partial charge in [-0.2, -0.15) is 0 Å². The summed E-state index contributed by atoms with van der Waals surface area (Å²) in [5.74, 6) is 0. The smallest absolute Gasteiger partial charge is 0.000878 e. The summed E-state index contributed by atoms with van der Waals surface area (Å²) in [7, 11) is 0.224. The first-order valence-electron chi connectivity index (χ1n) is 10.6. The predicted molar refractivity (Wildman–Crippen MR) is 113 cm³/mol. The van der Waals surface area contributed by atoms with Crippen LogP contribution in [0, 0.1) is 0 Å². The largest absolute Gasteiger partial charge is 0.0930 e. The number of benzene rings is 1. The summed E-state index contributed by atoms with van der Waals surface area (Å²) >= 11 is 0. The summed E-state index contributed by atoms with van der Waals surface area (Å²) in [6, 6.07) is 10.8. The lowest BCUT2D eigenvalue weighted by Gasteiger charge is -2.36. The van der Waals surface area contributed by atoms with Crippen LogP contribution in [0.5, 0.6) is 0 Å². The monoisotopic (exact) mass is 352 g/mol. The van der Waals surface area contributed by atoms with E-state index in [9.17, 15) is 0 Å². The van der Waals surface area contributed by atoms with Crippen molar-refractivity contribution in [2.45, 2.75) is 87.6 Å². The molecule has 3 saturated carbocycles. The van der Waals surface area contributed by atoms with Crippen LogP contribution in [0.4, 0.5) is 0 Å². The first-order chi connectivity index (χ1) is 12.4. The fourth-order valence-corrected chi connectivity index (χ4v) is 10.1. The van der Waals surface area contributed by atoms with Gasteiger partial charge in [0.25, 0.3) is 0 Å². The maximum Gasteiger partial charge on any atom is 0.000878 e. The third kappa shape index (κ3) is 4.28. The zero-order chi connectivity index (χ0) is 16.9. The van der Waals surface area contributed by atoms with E-state index in [4.69, 9.17) is 0 Å². The minimum Gasteiger partial charge on any atom is -0.0930 e. The van der Waals surface area contributed by atoms with Crippen LogP contribution in [0.3, 0.4) is 0 Å². The van der Waals surface area contributed by atoms with Gasteiger partial charge in [-0.15, -0.1) is 0 Å². The van der Waals surface area contributed by atoms with Crippen LogP contribution in [0.25, 0.3) is 6.08 Å². The zero-order valence-corrected chi connectivity index (χ0v) is 16.5. The van der Waals surface area contributed by atoms with Crippen LogP contribution in [-0.4, -0.2) is 17.0 Å². The van der Waals surface area contributed by atoms with Crippen molar-refractivity contribution in [1.29, 1.82) is 0 Å². The van der Waals surface area contributed by atoms with Crippen molar-refractivity contribution in [3.05, 3.63) is 53.6 Å². The Morgan fingerprint density at radius 2 is 1.40 bits per heavy atom. The molecule has 0 nitrogen and oxygen atoms in total. The summed E-state index contributed by atoms with van der Waals surface area (Å²) in [4.78, 5) is 0. The summed E-state index contributed by atoms with van der Waals surface area (Å²) in [5.41, 5.74) is 6.28. The van der Waals surface area contributed by atoms with Gasteiger partial charge in [0.15, 0.2) is 0 Å². The molecule has 134 valence electrons. The molecule has 1 heteroatoms. The lowest BCUT2D eigenvalue weighted by atomic mass is 10.1. The lowest BCUT2D eigenvalue weighted by molar-refractivity contribution is 0.795. The van der Waals surface area contributed by atoms with E-state index in [1.54, 1.807) is 31.3 Å². The molecule has 0 bridgehead atoms. The molecule has 1 aromatic rings. The molecule has 1 unspecified atom stereocenters. The van der Waals surface area contributed by atoms with Crippen molar-refractivity contribution in [2.24, 2.45) is 0 Å². The van der Waals surface area contributed by atoms with Gasteiger partial charge in [0.2, 0.25) is 0 Å². The number of allylic oxidation sites excluding steroid dienone is 3. The van der Waals surface area contributed by atoms with E-state index >= 15 is 0 Å². The van der Waals surface area contributed by atoms with E-state index in [0.29, 0.717) is 0 Å². The van der Waals surface area contributed by atoms with Gasteiger partial charge in [0.1, 0.15) is 0 Å². The average Bonchev–Trinajstić information content (AvgIpc) is 3.40. The molecule has 3 aliphatic rings. The maximum absolute atomic E-state index is 2.50. The molecule has 0 aliphatic heterocycles. The molecular formula is C24H33P. The summed E-state index contributed by atoms with van der Waals surface area (Å²) in [5, 5.41) is 0. The highest BCUT2D eigenvalue weighted by Crippen LogP contribution is 2.64. The molecule has 0 aromatic heterocycles. The van der Waals surface area contributed by atoms with E-state index in [1.165, 1.54) is 50.5 Å². The molecule has 4 rings (SSSR count). The Balaban J connectivity index is 1.51. The summed E-state index contributed by atoms with van der Waals surface area (Å²) in [6.07, 6.45) is 23.6. The molecule has 3 fully saturated rings. The van der Waals surface area contributed by atoms with Gasteiger partial charge in [-0.05, 0) is 61.8 Å². The summed E-state index contributed by atoms with van der Waals surface area (Å²) in [6.45, 7) is 0. The molecular weight excluding hydrogens is 319 g/mol. The summed E-state index contributed by atoms with van der Waals surface area (Å²) < 4.78 is 0. The number of hydrogen-bond donors (Lipinski definition) is 0. The highest BCUT2D eigenvalue weighted by Gasteiger charge is 2.40.